The number of ketones is 1. The van der Waals surface area contributed by atoms with Crippen LogP contribution in [0.3, 0.4) is 0 Å². The summed E-state index contributed by atoms with van der Waals surface area (Å²) in [4.78, 5) is 49.6. The van der Waals surface area contributed by atoms with Crippen LogP contribution >= 0.6 is 11.3 Å². The van der Waals surface area contributed by atoms with Crippen molar-refractivity contribution in [2.75, 3.05) is 34.0 Å². The van der Waals surface area contributed by atoms with Gasteiger partial charge in [-0.15, -0.1) is 11.3 Å². The fraction of sp³-hybridized carbons (Fsp3) is 0.419. The number of nitrogens with zero attached hydrogens (tertiary/aromatic N) is 1. The number of Topliss-reactive ketones (excluding diaryl/α,β-unsaturated/α-hetero) is 1. The summed E-state index contributed by atoms with van der Waals surface area (Å²) < 4.78 is 28.8. The maximum absolute atomic E-state index is 12.6. The van der Waals surface area contributed by atoms with Gasteiger partial charge in [-0.2, -0.15) is 0 Å². The van der Waals surface area contributed by atoms with Crippen LogP contribution in [0, 0.1) is 0 Å². The topological polar surface area (TPSA) is 138 Å². The van der Waals surface area contributed by atoms with Gasteiger partial charge in [-0.25, -0.2) is 0 Å². The van der Waals surface area contributed by atoms with Crippen molar-refractivity contribution in [2.45, 2.75) is 52.1 Å². The molecule has 0 spiro atoms. The second kappa shape index (κ2) is 14.7. The number of esters is 1. The zero-order valence-electron chi connectivity index (χ0n) is 24.4. The average molecular weight is 614 g/mol. The molecule has 43 heavy (non-hydrogen) atoms. The van der Waals surface area contributed by atoms with E-state index in [0.717, 1.165) is 21.2 Å². The zero-order chi connectivity index (χ0) is 30.9. The third-order valence-electron chi connectivity index (χ3n) is 6.86. The second-order valence-electron chi connectivity index (χ2n) is 9.85. The number of hydrogen-bond donors (Lipinski definition) is 1. The third kappa shape index (κ3) is 8.16. The van der Waals surface area contributed by atoms with Gasteiger partial charge in [-0.05, 0) is 47.7 Å². The number of carboxylic acids is 1. The standard InChI is InChI=1S/C31H35NO10S/c1-4-40-31(37)9-6-22(33)28-15-19-12-25(24(39-3)16-27(19)43-28)41-10-5-11-42-26-14-21-18-32(29(34)7-8-30(35)36)17-20(21)13-23(26)38-2/h12-16H,4-11,17-18H2,1-3H3,(H,35,36). The predicted molar refractivity (Wildman–Crippen MR) is 158 cm³/mol. The molecule has 1 aromatic heterocycles. The Hall–Kier alpha value is -4.32. The number of carboxylic acid groups (broad SMARTS) is 1. The van der Waals surface area contributed by atoms with E-state index < -0.39 is 5.97 Å². The quantitative estimate of drug-likeness (QED) is 0.133. The van der Waals surface area contributed by atoms with Crippen molar-refractivity contribution in [3.8, 4) is 23.0 Å². The Morgan fingerprint density at radius 2 is 1.44 bits per heavy atom. The summed E-state index contributed by atoms with van der Waals surface area (Å²) in [6, 6.07) is 9.17. The summed E-state index contributed by atoms with van der Waals surface area (Å²) in [6.07, 6.45) is 0.458. The average Bonchev–Trinajstić information content (AvgIpc) is 3.61. The van der Waals surface area contributed by atoms with E-state index in [1.54, 1.807) is 32.1 Å². The highest BCUT2D eigenvalue weighted by atomic mass is 32.1. The highest BCUT2D eigenvalue weighted by Gasteiger charge is 2.26. The molecule has 0 bridgehead atoms. The van der Waals surface area contributed by atoms with E-state index in [9.17, 15) is 19.2 Å². The van der Waals surface area contributed by atoms with Crippen LogP contribution in [0.5, 0.6) is 23.0 Å². The van der Waals surface area contributed by atoms with E-state index >= 15 is 0 Å². The number of amides is 1. The van der Waals surface area contributed by atoms with Gasteiger partial charge in [0.1, 0.15) is 0 Å². The van der Waals surface area contributed by atoms with Gasteiger partial charge in [0.15, 0.2) is 28.8 Å². The molecule has 0 saturated heterocycles. The minimum atomic E-state index is -0.998. The minimum Gasteiger partial charge on any atom is -0.493 e. The van der Waals surface area contributed by atoms with Crippen LogP contribution < -0.4 is 18.9 Å². The highest BCUT2D eigenvalue weighted by Crippen LogP contribution is 2.38. The Labute approximate surface area is 253 Å². The number of aliphatic carboxylic acids is 1. The number of carbonyl (C=O) groups excluding carboxylic acids is 3. The molecule has 1 N–H and O–H groups in total. The molecule has 4 rings (SSSR count). The van der Waals surface area contributed by atoms with Crippen LogP contribution in [-0.2, 0) is 32.2 Å². The fourth-order valence-electron chi connectivity index (χ4n) is 4.68. The molecule has 0 unspecified atom stereocenters. The molecule has 11 nitrogen and oxygen atoms in total. The van der Waals surface area contributed by atoms with Gasteiger partial charge < -0.3 is 33.7 Å². The molecule has 0 aliphatic carbocycles. The van der Waals surface area contributed by atoms with Crippen molar-refractivity contribution in [1.29, 1.82) is 0 Å². The molecule has 0 atom stereocenters. The summed E-state index contributed by atoms with van der Waals surface area (Å²) in [6.45, 7) is 3.49. The van der Waals surface area contributed by atoms with Crippen molar-refractivity contribution >= 4 is 45.1 Å². The Morgan fingerprint density at radius 1 is 0.814 bits per heavy atom. The lowest BCUT2D eigenvalue weighted by atomic mass is 10.1. The zero-order valence-corrected chi connectivity index (χ0v) is 25.3. The smallest absolute Gasteiger partial charge is 0.306 e. The van der Waals surface area contributed by atoms with E-state index in [-0.39, 0.29) is 49.9 Å². The molecular formula is C31H35NO10S. The van der Waals surface area contributed by atoms with Gasteiger partial charge in [-0.3, -0.25) is 19.2 Å². The van der Waals surface area contributed by atoms with Crippen molar-refractivity contribution in [1.82, 2.24) is 4.90 Å². The van der Waals surface area contributed by atoms with Crippen molar-refractivity contribution in [3.05, 3.63) is 46.3 Å². The van der Waals surface area contributed by atoms with Crippen LogP contribution in [0.15, 0.2) is 30.3 Å². The van der Waals surface area contributed by atoms with E-state index in [0.29, 0.717) is 60.6 Å². The molecule has 0 radical (unpaired) electrons. The Kier molecular flexibility index (Phi) is 10.8. The SMILES string of the molecule is CCOC(=O)CCC(=O)c1cc2cc(OCCCOc3cc4c(cc3OC)CN(C(=O)CCC(=O)O)C4)c(OC)cc2s1. The van der Waals surface area contributed by atoms with Crippen LogP contribution in [0.1, 0.15) is 59.8 Å². The number of methoxy groups -OCH3 is 2. The first-order chi connectivity index (χ1) is 20.7. The predicted octanol–water partition coefficient (Wildman–Crippen LogP) is 5.00. The van der Waals surface area contributed by atoms with Crippen molar-refractivity contribution in [2.24, 2.45) is 0 Å². The minimum absolute atomic E-state index is 0.0373. The number of ether oxygens (including phenoxy) is 5. The fourth-order valence-corrected chi connectivity index (χ4v) is 5.72. The molecule has 2 aromatic carbocycles. The highest BCUT2D eigenvalue weighted by molar-refractivity contribution is 7.20. The monoisotopic (exact) mass is 613 g/mol. The maximum Gasteiger partial charge on any atom is 0.306 e. The molecule has 230 valence electrons. The molecule has 0 saturated carbocycles. The number of benzene rings is 2. The molecule has 1 amide bonds. The van der Waals surface area contributed by atoms with Crippen LogP contribution in [0.25, 0.3) is 10.1 Å². The van der Waals surface area contributed by atoms with Crippen LogP contribution in [0.4, 0.5) is 0 Å². The van der Waals surface area contributed by atoms with E-state index in [4.69, 9.17) is 28.8 Å². The van der Waals surface area contributed by atoms with Gasteiger partial charge in [0.05, 0.1) is 51.8 Å². The van der Waals surface area contributed by atoms with E-state index in [1.807, 2.05) is 24.3 Å². The molecule has 12 heteroatoms. The van der Waals surface area contributed by atoms with Gasteiger partial charge in [0.25, 0.3) is 0 Å². The summed E-state index contributed by atoms with van der Waals surface area (Å²) in [7, 11) is 3.10. The van der Waals surface area contributed by atoms with Gasteiger partial charge in [0, 0.05) is 43.1 Å². The Balaban J connectivity index is 1.31. The first-order valence-corrected chi connectivity index (χ1v) is 14.8. The van der Waals surface area contributed by atoms with Gasteiger partial charge in [-0.1, -0.05) is 0 Å². The van der Waals surface area contributed by atoms with E-state index in [1.165, 1.54) is 11.3 Å². The second-order valence-corrected chi connectivity index (χ2v) is 10.9. The third-order valence-corrected chi connectivity index (χ3v) is 8.00. The number of carbonyl (C=O) groups is 4. The normalized spacial score (nSPS) is 12.1. The first-order valence-electron chi connectivity index (χ1n) is 14.0. The lowest BCUT2D eigenvalue weighted by molar-refractivity contribution is -0.143. The molecule has 1 aliphatic heterocycles. The first kappa shape index (κ1) is 31.6. The number of rotatable bonds is 16. The lowest BCUT2D eigenvalue weighted by Gasteiger charge is -2.14. The molecular weight excluding hydrogens is 578 g/mol. The maximum atomic E-state index is 12.6. The van der Waals surface area contributed by atoms with Gasteiger partial charge in [0.2, 0.25) is 5.91 Å². The molecule has 2 heterocycles. The Bertz CT molecular complexity index is 1500. The summed E-state index contributed by atoms with van der Waals surface area (Å²) in [5.74, 6) is 0.486. The van der Waals surface area contributed by atoms with Crippen molar-refractivity contribution in [3.63, 3.8) is 0 Å². The van der Waals surface area contributed by atoms with Crippen LogP contribution in [0.2, 0.25) is 0 Å². The largest absolute Gasteiger partial charge is 0.493 e. The Morgan fingerprint density at radius 3 is 2.07 bits per heavy atom. The van der Waals surface area contributed by atoms with Crippen molar-refractivity contribution < 1.29 is 48.0 Å². The molecule has 1 aliphatic rings. The molecule has 0 fully saturated rings. The summed E-state index contributed by atoms with van der Waals surface area (Å²) >= 11 is 1.34. The van der Waals surface area contributed by atoms with Crippen LogP contribution in [-0.4, -0.2) is 67.7 Å². The number of fused-ring (bicyclic) bond motifs is 2. The number of hydrogen-bond acceptors (Lipinski definition) is 10. The lowest BCUT2D eigenvalue weighted by Crippen LogP contribution is -2.25. The summed E-state index contributed by atoms with van der Waals surface area (Å²) in [5, 5.41) is 9.70. The summed E-state index contributed by atoms with van der Waals surface area (Å²) in [5.41, 5.74) is 1.87. The number of thiophene rings is 1. The van der Waals surface area contributed by atoms with E-state index in [2.05, 4.69) is 0 Å². The molecule has 3 aromatic rings. The van der Waals surface area contributed by atoms with Gasteiger partial charge >= 0.3 is 11.9 Å².